The number of rotatable bonds is 6. The predicted molar refractivity (Wildman–Crippen MR) is 68.2 cm³/mol. The van der Waals surface area contributed by atoms with Crippen molar-refractivity contribution in [3.05, 3.63) is 12.4 Å². The van der Waals surface area contributed by atoms with Crippen LogP contribution < -0.4 is 5.32 Å². The van der Waals surface area contributed by atoms with Crippen LogP contribution in [-0.4, -0.2) is 38.5 Å². The van der Waals surface area contributed by atoms with E-state index in [0.717, 1.165) is 5.16 Å². The lowest BCUT2D eigenvalue weighted by molar-refractivity contribution is -0.144. The average Bonchev–Trinajstić information content (AvgIpc) is 2.63. The van der Waals surface area contributed by atoms with Gasteiger partial charge < -0.3 is 15.0 Å². The highest BCUT2D eigenvalue weighted by Crippen LogP contribution is 2.27. The number of aryl methyl sites for hydroxylation is 1. The van der Waals surface area contributed by atoms with Crippen molar-refractivity contribution in [2.24, 2.45) is 7.05 Å². The van der Waals surface area contributed by atoms with Gasteiger partial charge in [0.25, 0.3) is 0 Å². The van der Waals surface area contributed by atoms with Crippen molar-refractivity contribution in [3.63, 3.8) is 0 Å². The summed E-state index contributed by atoms with van der Waals surface area (Å²) in [5, 5.41) is 13.1. The molecule has 0 spiro atoms. The minimum Gasteiger partial charge on any atom is -0.480 e. The van der Waals surface area contributed by atoms with Gasteiger partial charge in [-0.25, -0.2) is 4.98 Å². The van der Waals surface area contributed by atoms with Crippen molar-refractivity contribution < 1.29 is 9.90 Å². The Morgan fingerprint density at radius 3 is 2.82 bits per heavy atom. The first kappa shape index (κ1) is 14.1. The second-order valence-corrected chi connectivity index (χ2v) is 5.75. The summed E-state index contributed by atoms with van der Waals surface area (Å²) in [6.45, 7) is 3.71. The molecule has 2 unspecified atom stereocenters. The van der Waals surface area contributed by atoms with Gasteiger partial charge in [-0.1, -0.05) is 18.7 Å². The number of likely N-dealkylation sites (N-methyl/N-ethyl adjacent to an activating group) is 1. The number of imidazole rings is 1. The number of carbonyl (C=O) groups is 1. The van der Waals surface area contributed by atoms with Crippen LogP contribution in [0.3, 0.4) is 0 Å². The summed E-state index contributed by atoms with van der Waals surface area (Å²) >= 11 is 1.59. The van der Waals surface area contributed by atoms with Gasteiger partial charge in [0.2, 0.25) is 0 Å². The molecule has 0 aliphatic carbocycles. The topological polar surface area (TPSA) is 67.2 Å². The van der Waals surface area contributed by atoms with Crippen LogP contribution in [0.5, 0.6) is 0 Å². The van der Waals surface area contributed by atoms with Gasteiger partial charge in [-0.15, -0.1) is 0 Å². The van der Waals surface area contributed by atoms with Crippen LogP contribution in [0.1, 0.15) is 20.3 Å². The van der Waals surface area contributed by atoms with Gasteiger partial charge in [-0.05, 0) is 20.4 Å². The third kappa shape index (κ3) is 3.47. The van der Waals surface area contributed by atoms with E-state index in [1.165, 1.54) is 0 Å². The standard InChI is InChI=1S/C11H19N3O2S/c1-8(7-11(2,12-3)9(15)16)17-10-13-5-6-14(10)4/h5-6,8,12H,7H2,1-4H3,(H,15,16). The summed E-state index contributed by atoms with van der Waals surface area (Å²) in [6.07, 6.45) is 4.16. The number of carboxylic acids is 1. The Hall–Kier alpha value is -1.01. The lowest BCUT2D eigenvalue weighted by atomic mass is 9.97. The molecule has 0 aliphatic heterocycles. The third-order valence-electron chi connectivity index (χ3n) is 2.80. The normalized spacial score (nSPS) is 16.5. The molecule has 2 N–H and O–H groups in total. The van der Waals surface area contributed by atoms with Crippen molar-refractivity contribution in [1.82, 2.24) is 14.9 Å². The smallest absolute Gasteiger partial charge is 0.323 e. The lowest BCUT2D eigenvalue weighted by Gasteiger charge is -2.27. The highest BCUT2D eigenvalue weighted by atomic mass is 32.2. The molecule has 96 valence electrons. The molecule has 2 atom stereocenters. The van der Waals surface area contributed by atoms with Crippen LogP contribution >= 0.6 is 11.8 Å². The maximum Gasteiger partial charge on any atom is 0.323 e. The number of hydrogen-bond donors (Lipinski definition) is 2. The molecule has 5 nitrogen and oxygen atoms in total. The molecule has 0 aliphatic rings. The van der Waals surface area contributed by atoms with E-state index in [1.54, 1.807) is 31.9 Å². The first-order valence-corrected chi connectivity index (χ1v) is 6.33. The first-order valence-electron chi connectivity index (χ1n) is 5.45. The molecule has 6 heteroatoms. The highest BCUT2D eigenvalue weighted by molar-refractivity contribution is 7.99. The molecule has 1 aromatic heterocycles. The molecule has 0 saturated heterocycles. The number of nitrogens with zero attached hydrogens (tertiary/aromatic N) is 2. The summed E-state index contributed by atoms with van der Waals surface area (Å²) in [5.41, 5.74) is -0.891. The van der Waals surface area contributed by atoms with Crippen LogP contribution in [0.25, 0.3) is 0 Å². The van der Waals surface area contributed by atoms with E-state index in [4.69, 9.17) is 5.11 Å². The third-order valence-corrected chi connectivity index (χ3v) is 3.98. The fourth-order valence-corrected chi connectivity index (χ4v) is 2.68. The van der Waals surface area contributed by atoms with Crippen LogP contribution in [-0.2, 0) is 11.8 Å². The minimum absolute atomic E-state index is 0.171. The zero-order valence-corrected chi connectivity index (χ0v) is 11.4. The number of hydrogen-bond acceptors (Lipinski definition) is 4. The Bertz CT molecular complexity index is 394. The van der Waals surface area contributed by atoms with E-state index >= 15 is 0 Å². The van der Waals surface area contributed by atoms with E-state index in [0.29, 0.717) is 6.42 Å². The molecule has 1 rings (SSSR count). The number of aliphatic carboxylic acids is 1. The van der Waals surface area contributed by atoms with E-state index in [2.05, 4.69) is 10.3 Å². The fraction of sp³-hybridized carbons (Fsp3) is 0.636. The summed E-state index contributed by atoms with van der Waals surface area (Å²) in [4.78, 5) is 15.4. The van der Waals surface area contributed by atoms with Crippen LogP contribution in [0.2, 0.25) is 0 Å². The number of carboxylic acid groups (broad SMARTS) is 1. The molecule has 1 heterocycles. The summed E-state index contributed by atoms with van der Waals surface area (Å²) in [5.74, 6) is -0.827. The van der Waals surface area contributed by atoms with Gasteiger partial charge in [0.05, 0.1) is 0 Å². The van der Waals surface area contributed by atoms with E-state index in [1.807, 2.05) is 24.7 Å². The van der Waals surface area contributed by atoms with Gasteiger partial charge in [-0.3, -0.25) is 4.79 Å². The Labute approximate surface area is 106 Å². The van der Waals surface area contributed by atoms with Gasteiger partial charge in [0.15, 0.2) is 5.16 Å². The highest BCUT2D eigenvalue weighted by Gasteiger charge is 2.33. The van der Waals surface area contributed by atoms with Gasteiger partial charge in [0, 0.05) is 24.7 Å². The van der Waals surface area contributed by atoms with E-state index < -0.39 is 11.5 Å². The van der Waals surface area contributed by atoms with Crippen molar-refractivity contribution in [1.29, 1.82) is 0 Å². The maximum atomic E-state index is 11.2. The molecular formula is C11H19N3O2S. The molecule has 0 fully saturated rings. The molecule has 0 amide bonds. The molecule has 0 bridgehead atoms. The number of nitrogens with one attached hydrogen (secondary N) is 1. The number of thioether (sulfide) groups is 1. The lowest BCUT2D eigenvalue weighted by Crippen LogP contribution is -2.49. The quantitative estimate of drug-likeness (QED) is 0.753. The Kier molecular flexibility index (Phi) is 4.59. The SMILES string of the molecule is CNC(C)(CC(C)Sc1nccn1C)C(=O)O. The summed E-state index contributed by atoms with van der Waals surface area (Å²) in [6, 6.07) is 0. The minimum atomic E-state index is -0.891. The van der Waals surface area contributed by atoms with Gasteiger partial charge in [-0.2, -0.15) is 0 Å². The molecule has 0 radical (unpaired) electrons. The second-order valence-electron chi connectivity index (χ2n) is 4.34. The molecule has 0 aromatic carbocycles. The van der Waals surface area contributed by atoms with Crippen molar-refractivity contribution >= 4 is 17.7 Å². The van der Waals surface area contributed by atoms with Gasteiger partial charge in [0.1, 0.15) is 5.54 Å². The summed E-state index contributed by atoms with van der Waals surface area (Å²) in [7, 11) is 3.60. The van der Waals surface area contributed by atoms with E-state index in [9.17, 15) is 4.79 Å². The van der Waals surface area contributed by atoms with Crippen LogP contribution in [0, 0.1) is 0 Å². The Balaban J connectivity index is 2.63. The molecule has 17 heavy (non-hydrogen) atoms. The van der Waals surface area contributed by atoms with Crippen LogP contribution in [0.15, 0.2) is 17.6 Å². The van der Waals surface area contributed by atoms with Crippen LogP contribution in [0.4, 0.5) is 0 Å². The molecule has 0 saturated carbocycles. The maximum absolute atomic E-state index is 11.2. The van der Waals surface area contributed by atoms with E-state index in [-0.39, 0.29) is 5.25 Å². The van der Waals surface area contributed by atoms with Crippen molar-refractivity contribution in [2.45, 2.75) is 36.2 Å². The van der Waals surface area contributed by atoms with Crippen molar-refractivity contribution in [2.75, 3.05) is 7.05 Å². The predicted octanol–water partition coefficient (Wildman–Crippen LogP) is 1.35. The van der Waals surface area contributed by atoms with Crippen molar-refractivity contribution in [3.8, 4) is 0 Å². The largest absolute Gasteiger partial charge is 0.480 e. The first-order chi connectivity index (χ1) is 7.89. The average molecular weight is 257 g/mol. The second kappa shape index (κ2) is 5.55. The Morgan fingerprint density at radius 1 is 1.76 bits per heavy atom. The monoisotopic (exact) mass is 257 g/mol. The Morgan fingerprint density at radius 2 is 2.41 bits per heavy atom. The summed E-state index contributed by atoms with van der Waals surface area (Å²) < 4.78 is 1.93. The van der Waals surface area contributed by atoms with Gasteiger partial charge >= 0.3 is 5.97 Å². The number of aromatic nitrogens is 2. The zero-order valence-electron chi connectivity index (χ0n) is 10.6. The molecular weight excluding hydrogens is 238 g/mol. The molecule has 1 aromatic rings. The fourth-order valence-electron chi connectivity index (χ4n) is 1.56. The zero-order chi connectivity index (χ0) is 13.1.